The molecular formula is C30H36N4O7. The molecule has 1 saturated heterocycles. The van der Waals surface area contributed by atoms with E-state index >= 15 is 0 Å². The average molecular weight is 565 g/mol. The van der Waals surface area contributed by atoms with E-state index in [-0.39, 0.29) is 31.4 Å². The minimum atomic E-state index is -0.845. The fourth-order valence-electron chi connectivity index (χ4n) is 5.01. The summed E-state index contributed by atoms with van der Waals surface area (Å²) < 4.78 is 24.5. The van der Waals surface area contributed by atoms with Gasteiger partial charge in [-0.2, -0.15) is 0 Å². The van der Waals surface area contributed by atoms with Crippen molar-refractivity contribution in [3.63, 3.8) is 0 Å². The second-order valence-corrected chi connectivity index (χ2v) is 11.5. The van der Waals surface area contributed by atoms with Crippen molar-refractivity contribution in [1.82, 2.24) is 19.9 Å². The molecule has 2 aromatic carbocycles. The molecule has 1 fully saturated rings. The molecule has 218 valence electrons. The summed E-state index contributed by atoms with van der Waals surface area (Å²) in [6.45, 7) is 6.61. The summed E-state index contributed by atoms with van der Waals surface area (Å²) in [7, 11) is 1.61. The van der Waals surface area contributed by atoms with E-state index in [9.17, 15) is 14.7 Å². The zero-order valence-corrected chi connectivity index (χ0v) is 23.8. The number of amides is 1. The number of nitrogens with zero attached hydrogens (tertiary/aromatic N) is 4. The molecule has 0 radical (unpaired) electrons. The molecule has 1 N–H and O–H groups in total. The van der Waals surface area contributed by atoms with Crippen LogP contribution in [0.25, 0.3) is 11.3 Å². The third-order valence-electron chi connectivity index (χ3n) is 7.15. The Morgan fingerprint density at radius 3 is 2.51 bits per heavy atom. The van der Waals surface area contributed by atoms with E-state index in [1.807, 2.05) is 45.0 Å². The van der Waals surface area contributed by atoms with Crippen molar-refractivity contribution < 1.29 is 33.6 Å². The van der Waals surface area contributed by atoms with Crippen LogP contribution < -0.4 is 14.2 Å². The van der Waals surface area contributed by atoms with Gasteiger partial charge in [0.15, 0.2) is 5.78 Å². The minimum absolute atomic E-state index is 0.00222. The van der Waals surface area contributed by atoms with Crippen LogP contribution >= 0.6 is 0 Å². The molecule has 2 aliphatic rings. The van der Waals surface area contributed by atoms with E-state index in [0.29, 0.717) is 48.7 Å². The Kier molecular flexibility index (Phi) is 7.90. The molecule has 0 bridgehead atoms. The van der Waals surface area contributed by atoms with E-state index in [4.69, 9.17) is 18.9 Å². The van der Waals surface area contributed by atoms with Crippen LogP contribution in [0, 0.1) is 0 Å². The summed E-state index contributed by atoms with van der Waals surface area (Å²) in [5, 5.41) is 18.9. The highest BCUT2D eigenvalue weighted by molar-refractivity contribution is 6.00. The van der Waals surface area contributed by atoms with Gasteiger partial charge in [-0.25, -0.2) is 9.48 Å². The molecule has 1 spiro atoms. The largest absolute Gasteiger partial charge is 0.497 e. The second kappa shape index (κ2) is 11.4. The Hall–Kier alpha value is -4.12. The van der Waals surface area contributed by atoms with E-state index in [0.717, 1.165) is 11.3 Å². The molecule has 1 unspecified atom stereocenters. The first-order chi connectivity index (χ1) is 19.5. The predicted molar refractivity (Wildman–Crippen MR) is 149 cm³/mol. The Labute approximate surface area is 238 Å². The van der Waals surface area contributed by atoms with Crippen molar-refractivity contribution in [3.8, 4) is 28.5 Å². The van der Waals surface area contributed by atoms with Crippen molar-refractivity contribution >= 4 is 11.9 Å². The molecule has 1 amide bonds. The molecule has 0 saturated carbocycles. The Morgan fingerprint density at radius 1 is 1.12 bits per heavy atom. The van der Waals surface area contributed by atoms with Gasteiger partial charge < -0.3 is 29.0 Å². The van der Waals surface area contributed by atoms with Crippen molar-refractivity contribution in [2.24, 2.45) is 0 Å². The number of hydrogen-bond donors (Lipinski definition) is 1. The lowest BCUT2D eigenvalue weighted by atomic mass is 9.82. The van der Waals surface area contributed by atoms with Crippen LogP contribution in [0.5, 0.6) is 17.2 Å². The van der Waals surface area contributed by atoms with Gasteiger partial charge in [0.05, 0.1) is 31.8 Å². The number of Topliss-reactive ketones (excluding diaryl/α,β-unsaturated/α-hetero) is 1. The first-order valence-corrected chi connectivity index (χ1v) is 13.7. The quantitative estimate of drug-likeness (QED) is 0.451. The highest BCUT2D eigenvalue weighted by Gasteiger charge is 2.44. The van der Waals surface area contributed by atoms with Gasteiger partial charge >= 0.3 is 6.09 Å². The summed E-state index contributed by atoms with van der Waals surface area (Å²) in [5.41, 5.74) is 0.840. The Bertz CT molecular complexity index is 1390. The highest BCUT2D eigenvalue weighted by atomic mass is 16.6. The number of ether oxygens (including phenoxy) is 4. The maximum Gasteiger partial charge on any atom is 0.410 e. The number of methoxy groups -OCH3 is 1. The van der Waals surface area contributed by atoms with E-state index < -0.39 is 17.3 Å². The van der Waals surface area contributed by atoms with Crippen molar-refractivity contribution in [2.75, 3.05) is 26.8 Å². The van der Waals surface area contributed by atoms with Crippen LogP contribution in [0.3, 0.4) is 0 Å². The van der Waals surface area contributed by atoms with Gasteiger partial charge in [-0.05, 0) is 57.2 Å². The molecule has 41 heavy (non-hydrogen) atoms. The number of piperidine rings is 1. The summed E-state index contributed by atoms with van der Waals surface area (Å²) in [6.07, 6.45) is 1.87. The number of aliphatic hydroxyl groups is 1. The standard InChI is InChI=1S/C30H36N4O7/c1-29(2,3)41-28(37)33-13-11-30(12-14-33)16-26(36)24-10-9-23(15-27(24)40-30)39-19-21(35)17-34-18-25(31-32-34)20-5-7-22(38-4)8-6-20/h5-10,15,18,21,35H,11-14,16-17,19H2,1-4H3. The third kappa shape index (κ3) is 6.79. The second-order valence-electron chi connectivity index (χ2n) is 11.5. The van der Waals surface area contributed by atoms with Gasteiger partial charge in [-0.3, -0.25) is 4.79 Å². The fraction of sp³-hybridized carbons (Fsp3) is 0.467. The summed E-state index contributed by atoms with van der Waals surface area (Å²) >= 11 is 0. The number of rotatable bonds is 7. The maximum absolute atomic E-state index is 13.0. The van der Waals surface area contributed by atoms with Crippen molar-refractivity contribution in [2.45, 2.75) is 63.9 Å². The third-order valence-corrected chi connectivity index (χ3v) is 7.15. The molecule has 3 heterocycles. The molecule has 11 heteroatoms. The first kappa shape index (κ1) is 28.4. The van der Waals surface area contributed by atoms with E-state index in [1.54, 1.807) is 41.1 Å². The maximum atomic E-state index is 13.0. The molecule has 2 aliphatic heterocycles. The molecule has 3 aromatic rings. The molecule has 1 atom stereocenters. The molecule has 11 nitrogen and oxygen atoms in total. The van der Waals surface area contributed by atoms with Gasteiger partial charge in [-0.15, -0.1) is 5.10 Å². The zero-order chi connectivity index (χ0) is 29.2. The first-order valence-electron chi connectivity index (χ1n) is 13.7. The summed E-state index contributed by atoms with van der Waals surface area (Å²) in [5.74, 6) is 1.70. The number of benzene rings is 2. The lowest BCUT2D eigenvalue weighted by Crippen LogP contribution is -2.52. The van der Waals surface area contributed by atoms with Gasteiger partial charge in [0.1, 0.15) is 46.9 Å². The molecule has 5 rings (SSSR count). The number of aromatic nitrogens is 3. The molecule has 1 aromatic heterocycles. The SMILES string of the molecule is COc1ccc(-c2cn(CC(O)COc3ccc4c(c3)OC3(CCN(C(=O)OC(C)(C)C)CC3)CC4=O)nn2)cc1. The van der Waals surface area contributed by atoms with Crippen LogP contribution in [0.2, 0.25) is 0 Å². The summed E-state index contributed by atoms with van der Waals surface area (Å²) in [6, 6.07) is 12.6. The Balaban J connectivity index is 1.16. The minimum Gasteiger partial charge on any atom is -0.497 e. The van der Waals surface area contributed by atoms with Gasteiger partial charge in [0.25, 0.3) is 0 Å². The van der Waals surface area contributed by atoms with E-state index in [1.165, 1.54) is 0 Å². The van der Waals surface area contributed by atoms with Crippen LogP contribution in [0.15, 0.2) is 48.7 Å². The zero-order valence-electron chi connectivity index (χ0n) is 23.8. The number of aliphatic hydroxyl groups excluding tert-OH is 1. The fourth-order valence-corrected chi connectivity index (χ4v) is 5.01. The van der Waals surface area contributed by atoms with Crippen molar-refractivity contribution in [3.05, 3.63) is 54.2 Å². The van der Waals surface area contributed by atoms with Crippen LogP contribution in [0.1, 0.15) is 50.4 Å². The molecule has 0 aliphatic carbocycles. The normalized spacial score (nSPS) is 17.0. The van der Waals surface area contributed by atoms with E-state index in [2.05, 4.69) is 10.3 Å². The Morgan fingerprint density at radius 2 is 1.83 bits per heavy atom. The number of carbonyl (C=O) groups excluding carboxylic acids is 2. The number of fused-ring (bicyclic) bond motifs is 1. The topological polar surface area (TPSA) is 125 Å². The number of ketones is 1. The highest BCUT2D eigenvalue weighted by Crippen LogP contribution is 2.41. The summed E-state index contributed by atoms with van der Waals surface area (Å²) in [4.78, 5) is 27.1. The number of likely N-dealkylation sites (tertiary alicyclic amines) is 1. The monoisotopic (exact) mass is 564 g/mol. The van der Waals surface area contributed by atoms with Crippen LogP contribution in [-0.2, 0) is 11.3 Å². The predicted octanol–water partition coefficient (Wildman–Crippen LogP) is 4.13. The molecular weight excluding hydrogens is 528 g/mol. The number of carbonyl (C=O) groups is 2. The van der Waals surface area contributed by atoms with Crippen LogP contribution in [-0.4, -0.2) is 81.0 Å². The van der Waals surface area contributed by atoms with Gasteiger partial charge in [0.2, 0.25) is 0 Å². The smallest absolute Gasteiger partial charge is 0.410 e. The lowest BCUT2D eigenvalue weighted by Gasteiger charge is -2.44. The average Bonchev–Trinajstić information content (AvgIpc) is 3.39. The van der Waals surface area contributed by atoms with Gasteiger partial charge in [0, 0.05) is 37.6 Å². The number of hydrogen-bond acceptors (Lipinski definition) is 9. The van der Waals surface area contributed by atoms with Crippen LogP contribution in [0.4, 0.5) is 4.79 Å². The van der Waals surface area contributed by atoms with Crippen molar-refractivity contribution in [1.29, 1.82) is 0 Å². The van der Waals surface area contributed by atoms with Gasteiger partial charge in [-0.1, -0.05) is 5.21 Å². The lowest BCUT2D eigenvalue weighted by molar-refractivity contribution is -0.0227.